The van der Waals surface area contributed by atoms with Gasteiger partial charge in [0, 0.05) is 28.3 Å². The molecule has 0 heterocycles. The molecule has 2 aromatic rings. The van der Waals surface area contributed by atoms with Crippen LogP contribution in [0.4, 0.5) is 18.9 Å². The molecular formula is C14H8BrF3N2. The van der Waals surface area contributed by atoms with Gasteiger partial charge in [-0.25, -0.2) is 13.2 Å². The highest BCUT2D eigenvalue weighted by molar-refractivity contribution is 9.10. The van der Waals surface area contributed by atoms with Crippen molar-refractivity contribution in [2.24, 2.45) is 0 Å². The van der Waals surface area contributed by atoms with E-state index in [4.69, 9.17) is 5.26 Å². The number of hydrogen-bond acceptors (Lipinski definition) is 2. The van der Waals surface area contributed by atoms with Crippen molar-refractivity contribution in [3.8, 4) is 6.07 Å². The molecule has 0 aliphatic heterocycles. The molecule has 0 atom stereocenters. The van der Waals surface area contributed by atoms with Gasteiger partial charge >= 0.3 is 0 Å². The lowest BCUT2D eigenvalue weighted by molar-refractivity contribution is 0.490. The van der Waals surface area contributed by atoms with E-state index in [1.54, 1.807) is 18.2 Å². The van der Waals surface area contributed by atoms with Crippen LogP contribution in [0.15, 0.2) is 34.8 Å². The summed E-state index contributed by atoms with van der Waals surface area (Å²) in [7, 11) is 0. The highest BCUT2D eigenvalue weighted by atomic mass is 79.9. The van der Waals surface area contributed by atoms with Crippen molar-refractivity contribution in [3.63, 3.8) is 0 Å². The Morgan fingerprint density at radius 3 is 2.40 bits per heavy atom. The molecule has 0 unspecified atom stereocenters. The molecule has 20 heavy (non-hydrogen) atoms. The molecule has 0 aliphatic rings. The number of nitrogens with zero attached hydrogens (tertiary/aromatic N) is 1. The normalized spacial score (nSPS) is 10.2. The third-order valence-corrected chi connectivity index (χ3v) is 3.31. The number of nitriles is 1. The van der Waals surface area contributed by atoms with Crippen LogP contribution in [-0.2, 0) is 6.54 Å². The highest BCUT2D eigenvalue weighted by Gasteiger charge is 2.10. The van der Waals surface area contributed by atoms with E-state index in [2.05, 4.69) is 21.2 Å². The van der Waals surface area contributed by atoms with E-state index in [1.807, 2.05) is 6.07 Å². The van der Waals surface area contributed by atoms with Crippen LogP contribution in [0.1, 0.15) is 11.1 Å². The van der Waals surface area contributed by atoms with E-state index in [0.717, 1.165) is 6.07 Å². The maximum absolute atomic E-state index is 13.5. The second kappa shape index (κ2) is 5.97. The van der Waals surface area contributed by atoms with Crippen molar-refractivity contribution < 1.29 is 13.2 Å². The van der Waals surface area contributed by atoms with E-state index >= 15 is 0 Å². The molecular weight excluding hydrogens is 333 g/mol. The van der Waals surface area contributed by atoms with Crippen LogP contribution < -0.4 is 5.32 Å². The molecule has 0 saturated heterocycles. The molecule has 2 aromatic carbocycles. The lowest BCUT2D eigenvalue weighted by Crippen LogP contribution is -2.04. The molecule has 0 spiro atoms. The Morgan fingerprint density at radius 1 is 1.05 bits per heavy atom. The molecule has 0 aliphatic carbocycles. The highest BCUT2D eigenvalue weighted by Crippen LogP contribution is 2.24. The van der Waals surface area contributed by atoms with Gasteiger partial charge in [0.25, 0.3) is 0 Å². The van der Waals surface area contributed by atoms with E-state index < -0.39 is 17.5 Å². The van der Waals surface area contributed by atoms with Crippen LogP contribution in [0, 0.1) is 28.8 Å². The maximum Gasteiger partial charge on any atom is 0.161 e. The summed E-state index contributed by atoms with van der Waals surface area (Å²) in [5.41, 5.74) is 1.11. The van der Waals surface area contributed by atoms with Gasteiger partial charge < -0.3 is 5.32 Å². The molecule has 2 rings (SSSR count). The SMILES string of the molecule is N#Cc1ccc(NCc2cc(F)c(F)cc2F)c(Br)c1. The Morgan fingerprint density at radius 2 is 1.75 bits per heavy atom. The summed E-state index contributed by atoms with van der Waals surface area (Å²) >= 11 is 3.26. The fourth-order valence-corrected chi connectivity index (χ4v) is 2.14. The number of nitrogens with one attached hydrogen (secondary N) is 1. The minimum absolute atomic E-state index is 0.00642. The number of benzene rings is 2. The summed E-state index contributed by atoms with van der Waals surface area (Å²) in [5, 5.41) is 11.6. The lowest BCUT2D eigenvalue weighted by Gasteiger charge is -2.10. The number of hydrogen-bond donors (Lipinski definition) is 1. The minimum Gasteiger partial charge on any atom is -0.380 e. The van der Waals surface area contributed by atoms with Crippen LogP contribution in [0.3, 0.4) is 0 Å². The Kier molecular flexibility index (Phi) is 4.30. The van der Waals surface area contributed by atoms with E-state index in [9.17, 15) is 13.2 Å². The zero-order valence-corrected chi connectivity index (χ0v) is 11.6. The summed E-state index contributed by atoms with van der Waals surface area (Å²) in [5.74, 6) is -3.13. The minimum atomic E-state index is -1.22. The molecule has 102 valence electrons. The average Bonchev–Trinajstić information content (AvgIpc) is 2.42. The van der Waals surface area contributed by atoms with Crippen molar-refractivity contribution in [1.29, 1.82) is 5.26 Å². The van der Waals surface area contributed by atoms with E-state index in [1.165, 1.54) is 0 Å². The third-order valence-electron chi connectivity index (χ3n) is 2.66. The zero-order valence-electron chi connectivity index (χ0n) is 10.1. The van der Waals surface area contributed by atoms with Crippen molar-refractivity contribution in [2.75, 3.05) is 5.32 Å². The first-order valence-electron chi connectivity index (χ1n) is 5.58. The van der Waals surface area contributed by atoms with Crippen LogP contribution in [0.2, 0.25) is 0 Å². The lowest BCUT2D eigenvalue weighted by atomic mass is 10.2. The van der Waals surface area contributed by atoms with Gasteiger partial charge in [0.15, 0.2) is 11.6 Å². The molecule has 0 amide bonds. The fourth-order valence-electron chi connectivity index (χ4n) is 1.62. The second-order valence-corrected chi connectivity index (χ2v) is 4.87. The van der Waals surface area contributed by atoms with Crippen molar-refractivity contribution in [3.05, 3.63) is 63.4 Å². The molecule has 0 radical (unpaired) electrons. The molecule has 0 fully saturated rings. The number of rotatable bonds is 3. The monoisotopic (exact) mass is 340 g/mol. The van der Waals surface area contributed by atoms with Crippen LogP contribution >= 0.6 is 15.9 Å². The Bertz CT molecular complexity index is 696. The molecule has 6 heteroatoms. The van der Waals surface area contributed by atoms with E-state index in [-0.39, 0.29) is 12.1 Å². The Hall–Kier alpha value is -2.00. The summed E-state index contributed by atoms with van der Waals surface area (Å²) in [4.78, 5) is 0. The van der Waals surface area contributed by atoms with Gasteiger partial charge in [-0.1, -0.05) is 0 Å². The van der Waals surface area contributed by atoms with Gasteiger partial charge in [-0.3, -0.25) is 0 Å². The van der Waals surface area contributed by atoms with Gasteiger partial charge in [0.1, 0.15) is 5.82 Å². The van der Waals surface area contributed by atoms with E-state index in [0.29, 0.717) is 21.8 Å². The van der Waals surface area contributed by atoms with Gasteiger partial charge in [-0.05, 0) is 40.2 Å². The number of halogens is 4. The second-order valence-electron chi connectivity index (χ2n) is 4.02. The predicted octanol–water partition coefficient (Wildman–Crippen LogP) is 4.35. The van der Waals surface area contributed by atoms with Crippen LogP contribution in [0.5, 0.6) is 0 Å². The van der Waals surface area contributed by atoms with Gasteiger partial charge in [-0.2, -0.15) is 5.26 Å². The van der Waals surface area contributed by atoms with Gasteiger partial charge in [0.05, 0.1) is 11.6 Å². The first-order chi connectivity index (χ1) is 9.51. The van der Waals surface area contributed by atoms with Gasteiger partial charge in [-0.15, -0.1) is 0 Å². The molecule has 0 saturated carbocycles. The summed E-state index contributed by atoms with van der Waals surface area (Å²) in [6, 6.07) is 8.14. The van der Waals surface area contributed by atoms with Crippen LogP contribution in [0.25, 0.3) is 0 Å². The smallest absolute Gasteiger partial charge is 0.161 e. The summed E-state index contributed by atoms with van der Waals surface area (Å²) < 4.78 is 39.9. The topological polar surface area (TPSA) is 35.8 Å². The molecule has 2 nitrogen and oxygen atoms in total. The Labute approximate surface area is 122 Å². The maximum atomic E-state index is 13.5. The van der Waals surface area contributed by atoms with Gasteiger partial charge in [0.2, 0.25) is 0 Å². The van der Waals surface area contributed by atoms with Crippen molar-refractivity contribution >= 4 is 21.6 Å². The third kappa shape index (κ3) is 3.11. The summed E-state index contributed by atoms with van der Waals surface area (Å²) in [6.07, 6.45) is 0. The fraction of sp³-hybridized carbons (Fsp3) is 0.0714. The van der Waals surface area contributed by atoms with Crippen molar-refractivity contribution in [2.45, 2.75) is 6.54 Å². The average molecular weight is 341 g/mol. The predicted molar refractivity (Wildman–Crippen MR) is 72.5 cm³/mol. The largest absolute Gasteiger partial charge is 0.380 e. The van der Waals surface area contributed by atoms with Crippen LogP contribution in [-0.4, -0.2) is 0 Å². The molecule has 0 aromatic heterocycles. The Balaban J connectivity index is 2.17. The molecule has 1 N–H and O–H groups in total. The van der Waals surface area contributed by atoms with Crippen molar-refractivity contribution in [1.82, 2.24) is 0 Å². The molecule has 0 bridgehead atoms. The zero-order chi connectivity index (χ0) is 14.7. The summed E-state index contributed by atoms with van der Waals surface area (Å²) in [6.45, 7) is -0.00642. The number of anilines is 1. The first kappa shape index (κ1) is 14.4. The quantitative estimate of drug-likeness (QED) is 0.843. The standard InChI is InChI=1S/C14H8BrF3N2/c15-10-3-8(6-19)1-2-14(10)20-7-9-4-12(17)13(18)5-11(9)16/h1-5,20H,7H2. The first-order valence-corrected chi connectivity index (χ1v) is 6.37.